The van der Waals surface area contributed by atoms with Crippen LogP contribution >= 0.6 is 11.6 Å². The highest BCUT2D eigenvalue weighted by atomic mass is 35.5. The number of carbonyl (C=O) groups excluding carboxylic acids is 2. The van der Waals surface area contributed by atoms with E-state index >= 15 is 0 Å². The lowest BCUT2D eigenvalue weighted by Gasteiger charge is -2.41. The Morgan fingerprint density at radius 1 is 1.20 bits per heavy atom. The topological polar surface area (TPSA) is 120 Å². The van der Waals surface area contributed by atoms with Crippen molar-refractivity contribution >= 4 is 40.6 Å². The standard InChI is InChI=1S/C34H39ClN6O5/c1-33(2,3)46-32(44)39-12-10-34(11-13-39)23-17-22(23)28-27(34)30(43)41-31(37-29(38-41)20-8-14-45-15-9-20)40(28)18-26(42)36-25-7-6-21(16-24(25)35)19-4-5-19/h6-8,16,19,22-23H,4-5,9-15,17-18H2,1-3H3,(H,36,42)/t22-,23+/m0/s1. The molecule has 8 rings (SSSR count). The molecule has 4 heterocycles. The van der Waals surface area contributed by atoms with Gasteiger partial charge < -0.3 is 24.3 Å². The first-order valence-electron chi connectivity index (χ1n) is 16.4. The highest BCUT2D eigenvalue weighted by Gasteiger charge is 2.64. The van der Waals surface area contributed by atoms with Crippen LogP contribution in [-0.4, -0.2) is 68.0 Å². The Labute approximate surface area is 271 Å². The first-order chi connectivity index (χ1) is 22.0. The van der Waals surface area contributed by atoms with Crippen molar-refractivity contribution in [3.05, 3.63) is 62.3 Å². The van der Waals surface area contributed by atoms with Crippen molar-refractivity contribution in [2.24, 2.45) is 5.92 Å². The Balaban J connectivity index is 1.16. The van der Waals surface area contributed by atoms with E-state index < -0.39 is 11.0 Å². The van der Waals surface area contributed by atoms with Gasteiger partial charge in [-0.25, -0.2) is 4.79 Å². The van der Waals surface area contributed by atoms with E-state index in [0.29, 0.717) is 73.8 Å². The average Bonchev–Trinajstić information content (AvgIpc) is 3.95. The van der Waals surface area contributed by atoms with Crippen LogP contribution in [0, 0.1) is 5.92 Å². The molecule has 1 N–H and O–H groups in total. The first-order valence-corrected chi connectivity index (χ1v) is 16.8. The zero-order chi connectivity index (χ0) is 32.0. The molecule has 2 atom stereocenters. The third-order valence-corrected chi connectivity index (χ3v) is 10.6. The van der Waals surface area contributed by atoms with Gasteiger partial charge in [-0.15, -0.1) is 5.10 Å². The Kier molecular flexibility index (Phi) is 6.88. The minimum absolute atomic E-state index is 0.0313. The molecule has 3 fully saturated rings. The predicted molar refractivity (Wildman–Crippen MR) is 172 cm³/mol. The van der Waals surface area contributed by atoms with Crippen LogP contribution in [0.4, 0.5) is 10.5 Å². The lowest BCUT2D eigenvalue weighted by Crippen LogP contribution is -2.49. The number of halogens is 1. The molecule has 2 saturated carbocycles. The molecule has 1 spiro atoms. The van der Waals surface area contributed by atoms with Gasteiger partial charge in [0.1, 0.15) is 12.1 Å². The summed E-state index contributed by atoms with van der Waals surface area (Å²) >= 11 is 6.60. The number of nitrogens with one attached hydrogen (secondary N) is 1. The molecule has 242 valence electrons. The number of aromatic nitrogens is 4. The van der Waals surface area contributed by atoms with Gasteiger partial charge in [-0.3, -0.25) is 9.59 Å². The number of anilines is 1. The SMILES string of the molecule is CC(C)(C)OC(=O)N1CCC2(CC1)c1c(n(CC(=O)Nc3ccc(C4CC4)cc3Cl)c3nc(C4=CCOCC4)nn3c1=O)[C@H]1C[C@H]12. The van der Waals surface area contributed by atoms with E-state index in [1.807, 2.05) is 49.6 Å². The molecule has 12 heteroatoms. The van der Waals surface area contributed by atoms with Crippen LogP contribution in [-0.2, 0) is 26.2 Å². The number of nitrogens with zero attached hydrogens (tertiary/aromatic N) is 5. The lowest BCUT2D eigenvalue weighted by molar-refractivity contribution is -0.116. The second kappa shape index (κ2) is 10.7. The van der Waals surface area contributed by atoms with Gasteiger partial charge in [-0.2, -0.15) is 9.50 Å². The fraction of sp³-hybridized carbons (Fsp3) is 0.559. The molecule has 2 aromatic heterocycles. The molecule has 0 bridgehead atoms. The maximum absolute atomic E-state index is 14.4. The number of hydrogen-bond donors (Lipinski definition) is 1. The molecule has 0 unspecified atom stereocenters. The van der Waals surface area contributed by atoms with Crippen LogP contribution in [0.25, 0.3) is 11.4 Å². The number of benzene rings is 1. The fourth-order valence-electron chi connectivity index (χ4n) is 7.91. The van der Waals surface area contributed by atoms with Crippen LogP contribution < -0.4 is 10.9 Å². The van der Waals surface area contributed by atoms with Crippen molar-refractivity contribution < 1.29 is 19.1 Å². The monoisotopic (exact) mass is 646 g/mol. The van der Waals surface area contributed by atoms with E-state index in [1.165, 1.54) is 22.9 Å². The molecule has 1 aromatic carbocycles. The van der Waals surface area contributed by atoms with Gasteiger partial charge >= 0.3 is 6.09 Å². The smallest absolute Gasteiger partial charge is 0.410 e. The summed E-state index contributed by atoms with van der Waals surface area (Å²) in [6.45, 7) is 7.59. The molecule has 0 radical (unpaired) electrons. The Morgan fingerprint density at radius 2 is 1.98 bits per heavy atom. The molecule has 2 aliphatic heterocycles. The van der Waals surface area contributed by atoms with Crippen molar-refractivity contribution in [3.8, 4) is 0 Å². The van der Waals surface area contributed by atoms with Crippen molar-refractivity contribution in [1.29, 1.82) is 0 Å². The number of ether oxygens (including phenoxy) is 2. The van der Waals surface area contributed by atoms with E-state index in [9.17, 15) is 14.4 Å². The highest BCUT2D eigenvalue weighted by Crippen LogP contribution is 2.67. The number of likely N-dealkylation sites (tertiary alicyclic amines) is 1. The Hall–Kier alpha value is -3.70. The van der Waals surface area contributed by atoms with Crippen LogP contribution in [0.15, 0.2) is 29.1 Å². The van der Waals surface area contributed by atoms with Gasteiger partial charge in [-0.05, 0) is 94.4 Å². The maximum Gasteiger partial charge on any atom is 0.410 e. The summed E-state index contributed by atoms with van der Waals surface area (Å²) in [5.41, 5.74) is 3.15. The molecule has 3 aromatic rings. The van der Waals surface area contributed by atoms with Crippen molar-refractivity contribution in [1.82, 2.24) is 24.1 Å². The third-order valence-electron chi connectivity index (χ3n) is 10.3. The molecule has 46 heavy (non-hydrogen) atoms. The summed E-state index contributed by atoms with van der Waals surface area (Å²) in [4.78, 5) is 47.6. The summed E-state index contributed by atoms with van der Waals surface area (Å²) in [5.74, 6) is 1.59. The second-order valence-electron chi connectivity index (χ2n) is 14.5. The summed E-state index contributed by atoms with van der Waals surface area (Å²) < 4.78 is 14.4. The van der Waals surface area contributed by atoms with E-state index in [-0.39, 0.29) is 35.9 Å². The van der Waals surface area contributed by atoms with Crippen molar-refractivity contribution in [2.75, 3.05) is 31.6 Å². The number of fused-ring (bicyclic) bond motifs is 6. The predicted octanol–water partition coefficient (Wildman–Crippen LogP) is 5.25. The molecule has 1 saturated heterocycles. The highest BCUT2D eigenvalue weighted by molar-refractivity contribution is 6.33. The molecule has 11 nitrogen and oxygen atoms in total. The van der Waals surface area contributed by atoms with E-state index in [1.54, 1.807) is 4.90 Å². The van der Waals surface area contributed by atoms with E-state index in [4.69, 9.17) is 31.2 Å². The van der Waals surface area contributed by atoms with E-state index in [2.05, 4.69) is 5.32 Å². The number of rotatable bonds is 5. The lowest BCUT2D eigenvalue weighted by atomic mass is 9.71. The Bertz CT molecular complexity index is 1860. The number of piperidine rings is 1. The van der Waals surface area contributed by atoms with E-state index in [0.717, 1.165) is 23.3 Å². The zero-order valence-corrected chi connectivity index (χ0v) is 27.2. The summed E-state index contributed by atoms with van der Waals surface area (Å²) in [6.07, 6.45) is 6.86. The molecule has 5 aliphatic rings. The number of carbonyl (C=O) groups is 2. The first kappa shape index (κ1) is 29.7. The quantitative estimate of drug-likeness (QED) is 0.402. The second-order valence-corrected chi connectivity index (χ2v) is 14.9. The van der Waals surface area contributed by atoms with Crippen molar-refractivity contribution in [3.63, 3.8) is 0 Å². The summed E-state index contributed by atoms with van der Waals surface area (Å²) in [6, 6.07) is 5.85. The van der Waals surface area contributed by atoms with Gasteiger partial charge in [0.05, 0.1) is 23.9 Å². The van der Waals surface area contributed by atoms with Gasteiger partial charge in [0.2, 0.25) is 11.7 Å². The summed E-state index contributed by atoms with van der Waals surface area (Å²) in [5, 5.41) is 8.25. The van der Waals surface area contributed by atoms with Gasteiger partial charge in [0.15, 0.2) is 5.82 Å². The van der Waals surface area contributed by atoms with Gasteiger partial charge in [0, 0.05) is 35.7 Å². The molecular formula is C34H39ClN6O5. The average molecular weight is 647 g/mol. The van der Waals surface area contributed by atoms with Crippen LogP contribution in [0.3, 0.4) is 0 Å². The van der Waals surface area contributed by atoms with Gasteiger partial charge in [-0.1, -0.05) is 23.7 Å². The Morgan fingerprint density at radius 3 is 2.65 bits per heavy atom. The maximum atomic E-state index is 14.4. The van der Waals surface area contributed by atoms with Crippen molar-refractivity contribution in [2.45, 2.75) is 88.7 Å². The van der Waals surface area contributed by atoms with Crippen LogP contribution in [0.2, 0.25) is 5.02 Å². The molecular weight excluding hydrogens is 608 g/mol. The zero-order valence-electron chi connectivity index (χ0n) is 26.5. The number of amides is 2. The summed E-state index contributed by atoms with van der Waals surface area (Å²) in [7, 11) is 0. The minimum Gasteiger partial charge on any atom is -0.444 e. The van der Waals surface area contributed by atoms with Crippen LogP contribution in [0.5, 0.6) is 0 Å². The normalized spacial score (nSPS) is 23.2. The minimum atomic E-state index is -0.581. The van der Waals surface area contributed by atoms with Crippen LogP contribution in [0.1, 0.15) is 93.8 Å². The number of hydrogen-bond acceptors (Lipinski definition) is 7. The molecule has 3 aliphatic carbocycles. The molecule has 2 amide bonds. The third kappa shape index (κ3) is 5.02. The fourth-order valence-corrected chi connectivity index (χ4v) is 8.15. The van der Waals surface area contributed by atoms with Gasteiger partial charge in [0.25, 0.3) is 5.56 Å². The largest absolute Gasteiger partial charge is 0.444 e.